The Kier molecular flexibility index (Phi) is 4.12. The Balaban J connectivity index is 1.77. The van der Waals surface area contributed by atoms with Crippen molar-refractivity contribution in [2.24, 2.45) is 0 Å². The molecule has 1 aromatic carbocycles. The van der Waals surface area contributed by atoms with Gasteiger partial charge >= 0.3 is 5.97 Å². The third kappa shape index (κ3) is 2.61. The highest BCUT2D eigenvalue weighted by Crippen LogP contribution is 2.46. The first-order valence-electron chi connectivity index (χ1n) is 9.38. The van der Waals surface area contributed by atoms with Crippen LogP contribution in [-0.4, -0.2) is 40.9 Å². The molecule has 5 rings (SSSR count). The molecule has 7 heteroatoms. The Morgan fingerprint density at radius 2 is 1.86 bits per heavy atom. The number of piperidine rings is 1. The van der Waals surface area contributed by atoms with Gasteiger partial charge in [-0.1, -0.05) is 30.3 Å². The van der Waals surface area contributed by atoms with Crippen LogP contribution in [0.4, 0.5) is 5.82 Å². The van der Waals surface area contributed by atoms with E-state index in [9.17, 15) is 9.59 Å². The molecule has 4 heterocycles. The molecule has 0 spiro atoms. The second-order valence-corrected chi connectivity index (χ2v) is 8.28. The SMILES string of the molecule is COC(=O)c1sc2ncnc(N3C4CCC3CC(=O)C4)c2c1-c1ccccc1. The zero-order valence-electron chi connectivity index (χ0n) is 15.4. The molecule has 0 aliphatic carbocycles. The molecule has 2 aliphatic rings. The molecular weight excluding hydrogens is 374 g/mol. The molecular formula is C21H19N3O3S. The predicted molar refractivity (Wildman–Crippen MR) is 108 cm³/mol. The van der Waals surface area contributed by atoms with Gasteiger partial charge in [0.2, 0.25) is 0 Å². The van der Waals surface area contributed by atoms with Gasteiger partial charge in [-0.3, -0.25) is 4.79 Å². The molecule has 2 aliphatic heterocycles. The van der Waals surface area contributed by atoms with Gasteiger partial charge in [-0.05, 0) is 18.4 Å². The number of anilines is 1. The third-order valence-corrected chi connectivity index (χ3v) is 6.77. The summed E-state index contributed by atoms with van der Waals surface area (Å²) in [5.74, 6) is 0.790. The standard InChI is InChI=1S/C21H19N3O3S/c1-27-21(26)18-16(12-5-3-2-4-6-12)17-19(22-11-23-20(17)28-18)24-13-7-8-14(24)10-15(25)9-13/h2-6,11,13-14H,7-10H2,1H3. The lowest BCUT2D eigenvalue weighted by Gasteiger charge is -2.35. The Morgan fingerprint density at radius 3 is 2.54 bits per heavy atom. The highest BCUT2D eigenvalue weighted by molar-refractivity contribution is 7.21. The first-order chi connectivity index (χ1) is 13.7. The number of benzene rings is 1. The van der Waals surface area contributed by atoms with E-state index >= 15 is 0 Å². The number of aromatic nitrogens is 2. The van der Waals surface area contributed by atoms with E-state index in [1.165, 1.54) is 18.4 Å². The van der Waals surface area contributed by atoms with Gasteiger partial charge in [0.15, 0.2) is 0 Å². The largest absolute Gasteiger partial charge is 0.465 e. The van der Waals surface area contributed by atoms with Crippen molar-refractivity contribution in [1.82, 2.24) is 9.97 Å². The zero-order chi connectivity index (χ0) is 19.3. The summed E-state index contributed by atoms with van der Waals surface area (Å²) >= 11 is 1.33. The third-order valence-electron chi connectivity index (χ3n) is 5.69. The number of hydrogen-bond acceptors (Lipinski definition) is 7. The van der Waals surface area contributed by atoms with Crippen LogP contribution in [0.1, 0.15) is 35.4 Å². The number of rotatable bonds is 3. The van der Waals surface area contributed by atoms with E-state index in [0.29, 0.717) is 23.5 Å². The van der Waals surface area contributed by atoms with Crippen molar-refractivity contribution in [2.45, 2.75) is 37.8 Å². The van der Waals surface area contributed by atoms with Crippen molar-refractivity contribution < 1.29 is 14.3 Å². The fourth-order valence-electron chi connectivity index (χ4n) is 4.55. The predicted octanol–water partition coefficient (Wildman–Crippen LogP) is 3.85. The Bertz CT molecular complexity index is 1060. The number of thiophene rings is 1. The summed E-state index contributed by atoms with van der Waals surface area (Å²) in [6.07, 6.45) is 4.68. The van der Waals surface area contributed by atoms with Crippen LogP contribution in [0.5, 0.6) is 0 Å². The van der Waals surface area contributed by atoms with Crippen molar-refractivity contribution in [3.8, 4) is 11.1 Å². The first-order valence-corrected chi connectivity index (χ1v) is 10.2. The number of hydrogen-bond donors (Lipinski definition) is 0. The van der Waals surface area contributed by atoms with Crippen LogP contribution >= 0.6 is 11.3 Å². The van der Waals surface area contributed by atoms with E-state index in [2.05, 4.69) is 14.9 Å². The van der Waals surface area contributed by atoms with Crippen molar-refractivity contribution in [2.75, 3.05) is 12.0 Å². The van der Waals surface area contributed by atoms with E-state index in [1.807, 2.05) is 30.3 Å². The van der Waals surface area contributed by atoms with Crippen LogP contribution in [0.3, 0.4) is 0 Å². The second-order valence-electron chi connectivity index (χ2n) is 7.28. The molecule has 2 bridgehead atoms. The maximum absolute atomic E-state index is 12.5. The minimum atomic E-state index is -0.371. The van der Waals surface area contributed by atoms with Crippen LogP contribution in [0, 0.1) is 0 Å². The van der Waals surface area contributed by atoms with E-state index in [0.717, 1.165) is 40.0 Å². The van der Waals surface area contributed by atoms with E-state index in [-0.39, 0.29) is 18.1 Å². The van der Waals surface area contributed by atoms with Crippen molar-refractivity contribution in [3.05, 3.63) is 41.5 Å². The normalized spacial score (nSPS) is 21.3. The summed E-state index contributed by atoms with van der Waals surface area (Å²) in [7, 11) is 1.39. The summed E-state index contributed by atoms with van der Waals surface area (Å²) in [5, 5.41) is 0.880. The molecule has 0 radical (unpaired) electrons. The average Bonchev–Trinajstić information content (AvgIpc) is 3.23. The van der Waals surface area contributed by atoms with Crippen molar-refractivity contribution in [3.63, 3.8) is 0 Å². The molecule has 2 fully saturated rings. The topological polar surface area (TPSA) is 72.4 Å². The summed E-state index contributed by atoms with van der Waals surface area (Å²) in [6, 6.07) is 10.2. The van der Waals surface area contributed by atoms with Crippen LogP contribution < -0.4 is 4.90 Å². The zero-order valence-corrected chi connectivity index (χ0v) is 16.2. The highest BCUT2D eigenvalue weighted by atomic mass is 32.1. The fraction of sp³-hybridized carbons (Fsp3) is 0.333. The van der Waals surface area contributed by atoms with E-state index < -0.39 is 0 Å². The summed E-state index contributed by atoms with van der Waals surface area (Å²) in [5.41, 5.74) is 1.75. The second kappa shape index (κ2) is 6.67. The lowest BCUT2D eigenvalue weighted by atomic mass is 9.99. The van der Waals surface area contributed by atoms with E-state index in [1.54, 1.807) is 6.33 Å². The van der Waals surface area contributed by atoms with Gasteiger partial charge in [-0.15, -0.1) is 11.3 Å². The molecule has 0 saturated carbocycles. The molecule has 28 heavy (non-hydrogen) atoms. The fourth-order valence-corrected chi connectivity index (χ4v) is 5.62. The molecule has 3 aromatic rings. The minimum Gasteiger partial charge on any atom is -0.465 e. The average molecular weight is 393 g/mol. The number of ketones is 1. The lowest BCUT2D eigenvalue weighted by Crippen LogP contribution is -2.43. The Labute approximate surface area is 166 Å². The van der Waals surface area contributed by atoms with Crippen molar-refractivity contribution >= 4 is 39.1 Å². The van der Waals surface area contributed by atoms with Gasteiger partial charge < -0.3 is 9.64 Å². The Morgan fingerprint density at radius 1 is 1.14 bits per heavy atom. The molecule has 0 N–H and O–H groups in total. The van der Waals surface area contributed by atoms with Crippen LogP contribution in [0.25, 0.3) is 21.3 Å². The van der Waals surface area contributed by atoms with Crippen LogP contribution in [0.2, 0.25) is 0 Å². The molecule has 2 atom stereocenters. The first kappa shape index (κ1) is 17.3. The maximum Gasteiger partial charge on any atom is 0.348 e. The number of fused-ring (bicyclic) bond motifs is 3. The number of methoxy groups -OCH3 is 1. The maximum atomic E-state index is 12.5. The quantitative estimate of drug-likeness (QED) is 0.630. The van der Waals surface area contributed by atoms with Gasteiger partial charge in [0.1, 0.15) is 27.6 Å². The van der Waals surface area contributed by atoms with Gasteiger partial charge in [0.25, 0.3) is 0 Å². The molecule has 0 amide bonds. The monoisotopic (exact) mass is 393 g/mol. The summed E-state index contributed by atoms with van der Waals surface area (Å²) in [4.78, 5) is 37.3. The molecule has 2 aromatic heterocycles. The van der Waals surface area contributed by atoms with Gasteiger partial charge in [0, 0.05) is 30.5 Å². The van der Waals surface area contributed by atoms with Gasteiger partial charge in [-0.25, -0.2) is 14.8 Å². The van der Waals surface area contributed by atoms with Crippen molar-refractivity contribution in [1.29, 1.82) is 0 Å². The molecule has 2 saturated heterocycles. The molecule has 2 unspecified atom stereocenters. The summed E-state index contributed by atoms with van der Waals surface area (Å²) in [6.45, 7) is 0. The molecule has 6 nitrogen and oxygen atoms in total. The highest BCUT2D eigenvalue weighted by Gasteiger charge is 2.42. The number of Topliss-reactive ketones (excluding diaryl/α,β-unsaturated/α-hetero) is 1. The Hall–Kier alpha value is -2.80. The number of esters is 1. The summed E-state index contributed by atoms with van der Waals surface area (Å²) < 4.78 is 5.05. The van der Waals surface area contributed by atoms with Crippen LogP contribution in [0.15, 0.2) is 36.7 Å². The molecule has 142 valence electrons. The number of carbonyl (C=O) groups excluding carboxylic acids is 2. The minimum absolute atomic E-state index is 0.175. The van der Waals surface area contributed by atoms with Crippen LogP contribution in [-0.2, 0) is 9.53 Å². The van der Waals surface area contributed by atoms with E-state index in [4.69, 9.17) is 4.74 Å². The van der Waals surface area contributed by atoms with Gasteiger partial charge in [-0.2, -0.15) is 0 Å². The number of nitrogens with zero attached hydrogens (tertiary/aromatic N) is 3. The number of ether oxygens (including phenoxy) is 1. The number of carbonyl (C=O) groups is 2. The lowest BCUT2D eigenvalue weighted by molar-refractivity contribution is -0.120. The van der Waals surface area contributed by atoms with Gasteiger partial charge in [0.05, 0.1) is 12.5 Å². The smallest absolute Gasteiger partial charge is 0.348 e.